The molecule has 4 aromatic heterocycles. The molecule has 2 aliphatic carbocycles. The van der Waals surface area contributed by atoms with E-state index in [4.69, 9.17) is 0 Å². The minimum atomic E-state index is -0.186. The molecule has 16 aromatic carbocycles. The topological polar surface area (TPSA) is 16.3 Å². The van der Waals surface area contributed by atoms with Crippen LogP contribution in [0.4, 0.5) is 22.7 Å². The van der Waals surface area contributed by atoms with Crippen molar-refractivity contribution in [1.82, 2.24) is 9.13 Å². The summed E-state index contributed by atoms with van der Waals surface area (Å²) in [5, 5.41) is 11.4. The molecular formula is C102H64B2N4S2. The Kier molecular flexibility index (Phi) is 11.6. The number of para-hydroxylation sites is 2. The monoisotopic (exact) mass is 1430 g/mol. The highest BCUT2D eigenvalue weighted by Gasteiger charge is 2.49. The Hall–Kier alpha value is -12.7. The molecule has 4 nitrogen and oxygen atoms in total. The van der Waals surface area contributed by atoms with E-state index >= 15 is 0 Å². The highest BCUT2D eigenvalue weighted by molar-refractivity contribution is 7.27. The third-order valence-electron chi connectivity index (χ3n) is 26.4. The fourth-order valence-electron chi connectivity index (χ4n) is 21.4. The van der Waals surface area contributed by atoms with Gasteiger partial charge in [-0.1, -0.05) is 252 Å². The molecule has 8 heterocycles. The van der Waals surface area contributed by atoms with Gasteiger partial charge in [0.15, 0.2) is 0 Å². The van der Waals surface area contributed by atoms with Gasteiger partial charge in [0.2, 0.25) is 0 Å². The van der Waals surface area contributed by atoms with Crippen LogP contribution in [0.2, 0.25) is 0 Å². The lowest BCUT2D eigenvalue weighted by Gasteiger charge is -2.43. The van der Waals surface area contributed by atoms with Crippen molar-refractivity contribution in [3.63, 3.8) is 0 Å². The Morgan fingerprint density at radius 3 is 1.41 bits per heavy atom. The van der Waals surface area contributed by atoms with Gasteiger partial charge in [0.05, 0.1) is 21.3 Å². The van der Waals surface area contributed by atoms with Gasteiger partial charge in [0.1, 0.15) is 4.83 Å². The molecule has 510 valence electrons. The van der Waals surface area contributed by atoms with E-state index in [9.17, 15) is 0 Å². The van der Waals surface area contributed by atoms with Crippen LogP contribution in [-0.4, -0.2) is 22.8 Å². The Balaban J connectivity index is 0.676. The van der Waals surface area contributed by atoms with E-state index in [-0.39, 0.29) is 24.5 Å². The maximum atomic E-state index is 2.74. The summed E-state index contributed by atoms with van der Waals surface area (Å²) in [6.07, 6.45) is 0. The van der Waals surface area contributed by atoms with Crippen LogP contribution >= 0.6 is 22.7 Å². The van der Waals surface area contributed by atoms with Gasteiger partial charge >= 0.3 is 13.7 Å². The van der Waals surface area contributed by atoms with Crippen LogP contribution in [0.1, 0.15) is 49.9 Å². The summed E-state index contributed by atoms with van der Waals surface area (Å²) in [7, 11) is 0. The summed E-state index contributed by atoms with van der Waals surface area (Å²) in [4.78, 5) is 6.73. The second kappa shape index (κ2) is 21.2. The first-order chi connectivity index (χ1) is 54.1. The van der Waals surface area contributed by atoms with Crippen molar-refractivity contribution < 1.29 is 0 Å². The molecule has 0 N–H and O–H groups in total. The van der Waals surface area contributed by atoms with Crippen molar-refractivity contribution in [2.75, 3.05) is 9.62 Å². The van der Waals surface area contributed by atoms with E-state index in [0.717, 1.165) is 0 Å². The predicted molar refractivity (Wildman–Crippen MR) is 470 cm³/mol. The molecule has 20 aromatic rings. The SMILES string of the molecule is CC1(C)c2ccccc2-c2ccc(N3B4c5c(cc(-c6ccccc6)cc5-n5c6sc7cc(-c8ccc9cc%10c(cc9c8)-c8cc(-c9ccccc9)cc9c8B(c8cccc%11c%12sc%13ccccc%13c%12n-9c8%11)N%10c8ccc9c(c8)C(C)(C)c8ccccc8-9)ccc7c6c6cccc4c65)-c4cc5ccccc5cc43)cc21. The quantitative estimate of drug-likeness (QED) is 0.160. The van der Waals surface area contributed by atoms with Crippen LogP contribution in [0.3, 0.4) is 0 Å². The van der Waals surface area contributed by atoms with Gasteiger partial charge in [-0.15, -0.1) is 22.7 Å². The summed E-state index contributed by atoms with van der Waals surface area (Å²) < 4.78 is 9.29. The predicted octanol–water partition coefficient (Wildman–Crippen LogP) is 24.7. The standard InChI is InChI=1S/C102H64B2N4S2/c1-101(2)81-32-16-13-27-69(81)71-43-40-67(55-83(71)101)107-87-50-60-26-12-11-25-59(60)46-77(87)79-49-66(58-23-9-6-10-24-58)53-90-95(79)103(107)85-34-19-30-75-93-73-42-39-63(54-92(73)110-100(93)106(90)96(75)85)61-37-38-62-51-88-78(47-64(62)45-61)80-48-65(57-21-7-5-8-22-57)52-89-94(80)104(108(88)68-41-44-72-70-28-14-17-33-82(70)102(3,4)84(72)56-68)86-35-20-31-76-97(86)105(89)98-74-29-15-18-36-91(74)109-99(76)98/h5-56H,1-4H3. The highest BCUT2D eigenvalue weighted by Crippen LogP contribution is 2.57. The second-order valence-electron chi connectivity index (χ2n) is 32.6. The first kappa shape index (κ1) is 60.3. The summed E-state index contributed by atoms with van der Waals surface area (Å²) in [6.45, 7) is 9.41. The Morgan fingerprint density at radius 1 is 0.273 bits per heavy atom. The Morgan fingerprint density at radius 2 is 0.773 bits per heavy atom. The van der Waals surface area contributed by atoms with Crippen molar-refractivity contribution in [3.05, 3.63) is 338 Å². The molecule has 26 rings (SSSR count). The zero-order chi connectivity index (χ0) is 72.1. The van der Waals surface area contributed by atoms with Gasteiger partial charge in [-0.05, 0) is 223 Å². The lowest BCUT2D eigenvalue weighted by atomic mass is 9.44. The van der Waals surface area contributed by atoms with Crippen LogP contribution in [0.5, 0.6) is 0 Å². The molecule has 0 atom stereocenters. The third kappa shape index (κ3) is 7.72. The molecular weight excluding hydrogens is 1370 g/mol. The van der Waals surface area contributed by atoms with Crippen LogP contribution < -0.4 is 31.5 Å². The van der Waals surface area contributed by atoms with E-state index < -0.39 is 0 Å². The number of thiophene rings is 2. The highest BCUT2D eigenvalue weighted by atomic mass is 32.1. The van der Waals surface area contributed by atoms with E-state index in [1.54, 1.807) is 0 Å². The van der Waals surface area contributed by atoms with Crippen molar-refractivity contribution in [3.8, 4) is 89.3 Å². The smallest absolute Gasteiger partial charge is 0.333 e. The summed E-state index contributed by atoms with van der Waals surface area (Å²) in [5.74, 6) is 0. The van der Waals surface area contributed by atoms with Crippen LogP contribution in [-0.2, 0) is 10.8 Å². The van der Waals surface area contributed by atoms with Crippen molar-refractivity contribution in [1.29, 1.82) is 0 Å². The lowest BCUT2D eigenvalue weighted by Crippen LogP contribution is -2.60. The van der Waals surface area contributed by atoms with E-state index in [2.05, 4.69) is 362 Å². The van der Waals surface area contributed by atoms with E-state index in [1.807, 2.05) is 22.7 Å². The molecule has 110 heavy (non-hydrogen) atoms. The molecule has 0 amide bonds. The number of rotatable bonds is 5. The minimum Gasteiger partial charge on any atom is -0.376 e. The molecule has 0 unspecified atom stereocenters. The van der Waals surface area contributed by atoms with Gasteiger partial charge in [-0.3, -0.25) is 0 Å². The van der Waals surface area contributed by atoms with Gasteiger partial charge < -0.3 is 18.8 Å². The van der Waals surface area contributed by atoms with Gasteiger partial charge in [-0.2, -0.15) is 0 Å². The number of benzene rings is 16. The lowest BCUT2D eigenvalue weighted by molar-refractivity contribution is 0.660. The number of hydrogen-bond donors (Lipinski definition) is 0. The Bertz CT molecular complexity index is 7640. The van der Waals surface area contributed by atoms with E-state index in [0.29, 0.717) is 0 Å². The van der Waals surface area contributed by atoms with Gasteiger partial charge in [-0.25, -0.2) is 0 Å². The average Bonchev–Trinajstić information content (AvgIpc) is 1.35. The van der Waals surface area contributed by atoms with Crippen molar-refractivity contribution in [2.45, 2.75) is 38.5 Å². The molecule has 0 spiro atoms. The molecule has 8 heteroatoms. The van der Waals surface area contributed by atoms with Crippen molar-refractivity contribution in [2.24, 2.45) is 0 Å². The summed E-state index contributed by atoms with van der Waals surface area (Å²) in [5.41, 5.74) is 39.4. The molecule has 6 aliphatic rings. The number of aromatic nitrogens is 2. The third-order valence-corrected chi connectivity index (χ3v) is 28.7. The fourth-order valence-corrected chi connectivity index (χ4v) is 23.9. The van der Waals surface area contributed by atoms with Gasteiger partial charge in [0, 0.05) is 92.4 Å². The molecule has 0 fully saturated rings. The molecule has 0 radical (unpaired) electrons. The molecule has 4 aliphatic heterocycles. The number of nitrogens with zero attached hydrogens (tertiary/aromatic N) is 4. The second-order valence-corrected chi connectivity index (χ2v) is 34.6. The maximum absolute atomic E-state index is 2.74. The first-order valence-electron chi connectivity index (χ1n) is 38.7. The fraction of sp³-hybridized carbons (Fsp3) is 0.0588. The van der Waals surface area contributed by atoms with Crippen molar-refractivity contribution >= 4 is 165 Å². The molecule has 0 saturated heterocycles. The average molecular weight is 1430 g/mol. The minimum absolute atomic E-state index is 0.118. The maximum Gasteiger partial charge on any atom is 0.333 e. The van der Waals surface area contributed by atoms with E-state index in [1.165, 1.54) is 240 Å². The first-order valence-corrected chi connectivity index (χ1v) is 40.3. The molecule has 0 bridgehead atoms. The molecule has 0 saturated carbocycles. The van der Waals surface area contributed by atoms with Crippen LogP contribution in [0.15, 0.2) is 315 Å². The van der Waals surface area contributed by atoms with Crippen LogP contribution in [0.25, 0.3) is 173 Å². The Labute approximate surface area is 644 Å². The van der Waals surface area contributed by atoms with Gasteiger partial charge in [0.25, 0.3) is 0 Å². The normalized spacial score (nSPS) is 14.6. The summed E-state index contributed by atoms with van der Waals surface area (Å²) in [6, 6.07) is 122. The zero-order valence-electron chi connectivity index (χ0n) is 60.8. The largest absolute Gasteiger partial charge is 0.376 e. The summed E-state index contributed by atoms with van der Waals surface area (Å²) >= 11 is 3.87. The number of anilines is 4. The number of hydrogen-bond acceptors (Lipinski definition) is 4. The zero-order valence-corrected chi connectivity index (χ0v) is 62.4. The van der Waals surface area contributed by atoms with Crippen LogP contribution in [0, 0.1) is 0 Å². The number of fused-ring (bicyclic) bond motifs is 26.